The summed E-state index contributed by atoms with van der Waals surface area (Å²) in [5, 5.41) is 5.44. The highest BCUT2D eigenvalue weighted by atomic mass is 16.5. The van der Waals surface area contributed by atoms with Crippen molar-refractivity contribution in [3.63, 3.8) is 0 Å². The van der Waals surface area contributed by atoms with E-state index in [1.165, 1.54) is 43.7 Å². The van der Waals surface area contributed by atoms with Crippen molar-refractivity contribution in [1.29, 1.82) is 0 Å². The molecule has 0 unspecified atom stereocenters. The van der Waals surface area contributed by atoms with Gasteiger partial charge < -0.3 is 19.8 Å². The molecule has 1 aromatic carbocycles. The lowest BCUT2D eigenvalue weighted by Gasteiger charge is -2.16. The molecule has 1 aliphatic rings. The number of amides is 2. The number of hydrogen-bond acceptors (Lipinski definition) is 5. The molecule has 1 aliphatic carbocycles. The highest BCUT2D eigenvalue weighted by Crippen LogP contribution is 2.20. The number of anilines is 1. The van der Waals surface area contributed by atoms with Crippen molar-refractivity contribution in [1.82, 2.24) is 5.32 Å². The summed E-state index contributed by atoms with van der Waals surface area (Å²) >= 11 is 0. The van der Waals surface area contributed by atoms with Gasteiger partial charge in [-0.2, -0.15) is 0 Å². The van der Waals surface area contributed by atoms with Crippen LogP contribution in [0, 0.1) is 0 Å². The molecule has 1 aromatic heterocycles. The van der Waals surface area contributed by atoms with Gasteiger partial charge in [0.2, 0.25) is 0 Å². The lowest BCUT2D eigenvalue weighted by molar-refractivity contribution is -0.129. The fraction of sp³-hybridized carbons (Fsp3) is 0.348. The Kier molecular flexibility index (Phi) is 7.43. The molecule has 0 spiro atoms. The van der Waals surface area contributed by atoms with E-state index in [4.69, 9.17) is 9.15 Å². The zero-order valence-electron chi connectivity index (χ0n) is 17.0. The first kappa shape index (κ1) is 21.4. The van der Waals surface area contributed by atoms with Crippen LogP contribution in [0.25, 0.3) is 0 Å². The molecule has 2 amide bonds. The highest BCUT2D eigenvalue weighted by Gasteiger charge is 2.22. The molecule has 0 saturated heterocycles. The van der Waals surface area contributed by atoms with Gasteiger partial charge in [-0.25, -0.2) is 4.79 Å². The largest absolute Gasteiger partial charge is 0.459 e. The molecule has 30 heavy (non-hydrogen) atoms. The third-order valence-corrected chi connectivity index (χ3v) is 4.92. The van der Waals surface area contributed by atoms with E-state index in [9.17, 15) is 14.4 Å². The summed E-state index contributed by atoms with van der Waals surface area (Å²) in [6.07, 6.45) is 8.11. The van der Waals surface area contributed by atoms with E-state index in [1.54, 1.807) is 24.3 Å². The topological polar surface area (TPSA) is 97.6 Å². The fourth-order valence-corrected chi connectivity index (χ4v) is 3.26. The number of furan rings is 1. The zero-order valence-corrected chi connectivity index (χ0v) is 17.0. The summed E-state index contributed by atoms with van der Waals surface area (Å²) in [4.78, 5) is 37.1. The van der Waals surface area contributed by atoms with E-state index in [0.29, 0.717) is 6.54 Å². The van der Waals surface area contributed by atoms with Crippen molar-refractivity contribution in [3.8, 4) is 0 Å². The zero-order chi connectivity index (χ0) is 21.3. The standard InChI is InChI=1S/C23H26N2O5/c1-16(21(26)24-14-13-17-8-3-2-4-9-17)30-23(28)18-10-5-6-11-19(18)25-22(27)20-12-7-15-29-20/h5-8,10-12,15-16H,2-4,9,13-14H2,1H3,(H,24,26)(H,25,27)/t16-/m1/s1. The Labute approximate surface area is 175 Å². The maximum Gasteiger partial charge on any atom is 0.341 e. The summed E-state index contributed by atoms with van der Waals surface area (Å²) in [6, 6.07) is 9.57. The number of para-hydroxylation sites is 1. The Morgan fingerprint density at radius 3 is 2.70 bits per heavy atom. The van der Waals surface area contributed by atoms with Crippen LogP contribution >= 0.6 is 0 Å². The number of ether oxygens (including phenoxy) is 1. The van der Waals surface area contributed by atoms with Crippen molar-refractivity contribution < 1.29 is 23.5 Å². The van der Waals surface area contributed by atoms with Gasteiger partial charge in [0.05, 0.1) is 17.5 Å². The van der Waals surface area contributed by atoms with Crippen LogP contribution in [0.1, 0.15) is 59.9 Å². The molecule has 0 saturated carbocycles. The summed E-state index contributed by atoms with van der Waals surface area (Å²) in [7, 11) is 0. The molecule has 3 rings (SSSR count). The smallest absolute Gasteiger partial charge is 0.341 e. The number of carbonyl (C=O) groups excluding carboxylic acids is 3. The second-order valence-electron chi connectivity index (χ2n) is 7.17. The second kappa shape index (κ2) is 10.4. The van der Waals surface area contributed by atoms with Gasteiger partial charge in [-0.3, -0.25) is 9.59 Å². The highest BCUT2D eigenvalue weighted by molar-refractivity contribution is 6.06. The van der Waals surface area contributed by atoms with Crippen LogP contribution in [-0.4, -0.2) is 30.4 Å². The van der Waals surface area contributed by atoms with Crippen LogP contribution in [0.2, 0.25) is 0 Å². The predicted molar refractivity (Wildman–Crippen MR) is 112 cm³/mol. The van der Waals surface area contributed by atoms with E-state index in [1.807, 2.05) is 0 Å². The van der Waals surface area contributed by atoms with Crippen LogP contribution in [0.3, 0.4) is 0 Å². The molecule has 2 N–H and O–H groups in total. The number of benzene rings is 1. The molecule has 7 heteroatoms. The van der Waals surface area contributed by atoms with Crippen LogP contribution < -0.4 is 10.6 Å². The van der Waals surface area contributed by atoms with Crippen molar-refractivity contribution >= 4 is 23.5 Å². The molecule has 7 nitrogen and oxygen atoms in total. The summed E-state index contributed by atoms with van der Waals surface area (Å²) in [5.74, 6) is -1.40. The SMILES string of the molecule is C[C@@H](OC(=O)c1ccccc1NC(=O)c1ccco1)C(=O)NCCC1=CCCCC1. The third-order valence-electron chi connectivity index (χ3n) is 4.92. The number of rotatable bonds is 8. The van der Waals surface area contributed by atoms with Gasteiger partial charge in [-0.15, -0.1) is 0 Å². The summed E-state index contributed by atoms with van der Waals surface area (Å²) < 4.78 is 10.4. The predicted octanol–water partition coefficient (Wildman–Crippen LogP) is 4.08. The van der Waals surface area contributed by atoms with E-state index < -0.39 is 18.0 Å². The number of nitrogens with one attached hydrogen (secondary N) is 2. The molecule has 0 bridgehead atoms. The maximum atomic E-state index is 12.6. The van der Waals surface area contributed by atoms with Crippen LogP contribution in [0.15, 0.2) is 58.7 Å². The molecule has 0 fully saturated rings. The first-order valence-corrected chi connectivity index (χ1v) is 10.1. The lowest BCUT2D eigenvalue weighted by atomic mass is 9.97. The average molecular weight is 410 g/mol. The Balaban J connectivity index is 1.54. The van der Waals surface area contributed by atoms with Crippen LogP contribution in [0.4, 0.5) is 5.69 Å². The average Bonchev–Trinajstić information content (AvgIpc) is 3.30. The molecule has 0 aliphatic heterocycles. The quantitative estimate of drug-likeness (QED) is 0.505. The first-order valence-electron chi connectivity index (χ1n) is 10.1. The van der Waals surface area contributed by atoms with Crippen LogP contribution in [0.5, 0.6) is 0 Å². The van der Waals surface area contributed by atoms with Gasteiger partial charge in [-0.1, -0.05) is 23.8 Å². The normalized spacial score (nSPS) is 14.4. The third kappa shape index (κ3) is 5.83. The van der Waals surface area contributed by atoms with E-state index in [0.717, 1.165) is 19.3 Å². The van der Waals surface area contributed by atoms with E-state index in [2.05, 4.69) is 16.7 Å². The Morgan fingerprint density at radius 2 is 1.97 bits per heavy atom. The minimum absolute atomic E-state index is 0.124. The number of hydrogen-bond donors (Lipinski definition) is 2. The minimum Gasteiger partial charge on any atom is -0.459 e. The lowest BCUT2D eigenvalue weighted by Crippen LogP contribution is -2.36. The van der Waals surface area contributed by atoms with Gasteiger partial charge in [-0.05, 0) is 63.3 Å². The second-order valence-corrected chi connectivity index (χ2v) is 7.17. The van der Waals surface area contributed by atoms with Gasteiger partial charge in [0.1, 0.15) is 0 Å². The number of carbonyl (C=O) groups is 3. The van der Waals surface area contributed by atoms with Gasteiger partial charge in [0, 0.05) is 6.54 Å². The minimum atomic E-state index is -0.952. The Morgan fingerprint density at radius 1 is 1.13 bits per heavy atom. The van der Waals surface area contributed by atoms with E-state index in [-0.39, 0.29) is 22.9 Å². The van der Waals surface area contributed by atoms with Crippen molar-refractivity contribution in [3.05, 3.63) is 65.6 Å². The summed E-state index contributed by atoms with van der Waals surface area (Å²) in [5.41, 5.74) is 1.80. The fourth-order valence-electron chi connectivity index (χ4n) is 3.26. The molecular weight excluding hydrogens is 384 g/mol. The molecule has 1 heterocycles. The van der Waals surface area contributed by atoms with Crippen molar-refractivity contribution in [2.45, 2.75) is 45.1 Å². The molecule has 2 aromatic rings. The number of esters is 1. The Bertz CT molecular complexity index is 917. The monoisotopic (exact) mass is 410 g/mol. The first-order chi connectivity index (χ1) is 14.5. The van der Waals surface area contributed by atoms with Crippen LogP contribution in [-0.2, 0) is 9.53 Å². The summed E-state index contributed by atoms with van der Waals surface area (Å²) in [6.45, 7) is 2.04. The molecule has 0 radical (unpaired) electrons. The van der Waals surface area contributed by atoms with Crippen molar-refractivity contribution in [2.75, 3.05) is 11.9 Å². The molecule has 1 atom stereocenters. The van der Waals surface area contributed by atoms with E-state index >= 15 is 0 Å². The van der Waals surface area contributed by atoms with Crippen molar-refractivity contribution in [2.24, 2.45) is 0 Å². The van der Waals surface area contributed by atoms with Gasteiger partial charge in [0.15, 0.2) is 11.9 Å². The molecular formula is C23H26N2O5. The van der Waals surface area contributed by atoms with Gasteiger partial charge in [0.25, 0.3) is 11.8 Å². The van der Waals surface area contributed by atoms with Gasteiger partial charge >= 0.3 is 5.97 Å². The maximum absolute atomic E-state index is 12.6. The molecule has 158 valence electrons. The number of allylic oxidation sites excluding steroid dienone is 1. The Hall–Kier alpha value is -3.35.